The second-order valence-corrected chi connectivity index (χ2v) is 6.43. The molecule has 2 nitrogen and oxygen atoms in total. The maximum absolute atomic E-state index is 12.4. The summed E-state index contributed by atoms with van der Waals surface area (Å²) in [6, 6.07) is 0. The predicted octanol–water partition coefficient (Wildman–Crippen LogP) is 2.19. The van der Waals surface area contributed by atoms with Crippen molar-refractivity contribution < 1.29 is 4.79 Å². The summed E-state index contributed by atoms with van der Waals surface area (Å²) in [4.78, 5) is 14.6. The number of Topliss-reactive ketones (excluding diaryl/α,β-unsaturated/α-hetero) is 1. The van der Waals surface area contributed by atoms with E-state index < -0.39 is 0 Å². The molecule has 0 aliphatic heterocycles. The van der Waals surface area contributed by atoms with Gasteiger partial charge in [0.2, 0.25) is 0 Å². The Bertz CT molecular complexity index is 295. The minimum absolute atomic E-state index is 0.0433. The average Bonchev–Trinajstić information content (AvgIpc) is 2.40. The van der Waals surface area contributed by atoms with Gasteiger partial charge in [0.25, 0.3) is 0 Å². The number of carbonyl (C=O) groups is 1. The highest BCUT2D eigenvalue weighted by Gasteiger charge is 2.65. The smallest absolute Gasteiger partial charge is 0.143 e. The van der Waals surface area contributed by atoms with Crippen LogP contribution in [0.4, 0.5) is 0 Å². The number of carbonyl (C=O) groups excluding carboxylic acids is 1. The molecule has 0 spiro atoms. The predicted molar refractivity (Wildman–Crippen MR) is 61.7 cm³/mol. The second kappa shape index (κ2) is 3.07. The first-order valence-electron chi connectivity index (χ1n) is 6.00. The van der Waals surface area contributed by atoms with Crippen molar-refractivity contribution in [3.8, 4) is 0 Å². The van der Waals surface area contributed by atoms with E-state index >= 15 is 0 Å². The largest absolute Gasteiger partial charge is 0.309 e. The summed E-state index contributed by atoms with van der Waals surface area (Å²) in [7, 11) is 4.13. The van der Waals surface area contributed by atoms with Crippen LogP contribution in [0.3, 0.4) is 0 Å². The van der Waals surface area contributed by atoms with Gasteiger partial charge in [-0.3, -0.25) is 4.79 Å². The lowest BCUT2D eigenvalue weighted by atomic mass is 9.70. The highest BCUT2D eigenvalue weighted by atomic mass is 16.1. The molecule has 2 rings (SSSR count). The van der Waals surface area contributed by atoms with Gasteiger partial charge in [-0.2, -0.15) is 0 Å². The zero-order valence-corrected chi connectivity index (χ0v) is 10.6. The Morgan fingerprint density at radius 3 is 2.33 bits per heavy atom. The molecule has 0 heterocycles. The molecule has 15 heavy (non-hydrogen) atoms. The molecule has 2 aliphatic rings. The molecule has 2 saturated carbocycles. The van der Waals surface area contributed by atoms with Gasteiger partial charge in [-0.25, -0.2) is 0 Å². The van der Waals surface area contributed by atoms with E-state index in [1.807, 2.05) is 0 Å². The summed E-state index contributed by atoms with van der Waals surface area (Å²) >= 11 is 0. The molecular weight excluding hydrogens is 186 g/mol. The van der Waals surface area contributed by atoms with Crippen LogP contribution in [0.2, 0.25) is 0 Å². The first kappa shape index (κ1) is 11.1. The molecule has 0 aromatic rings. The molecule has 0 N–H and O–H groups in total. The molecular formula is C13H23NO. The van der Waals surface area contributed by atoms with Gasteiger partial charge in [0.1, 0.15) is 5.78 Å². The molecule has 2 aliphatic carbocycles. The van der Waals surface area contributed by atoms with Crippen molar-refractivity contribution in [3.63, 3.8) is 0 Å². The minimum atomic E-state index is -0.0433. The Morgan fingerprint density at radius 1 is 1.33 bits per heavy atom. The molecule has 0 amide bonds. The quantitative estimate of drug-likeness (QED) is 0.695. The summed E-state index contributed by atoms with van der Waals surface area (Å²) in [5, 5.41) is 0. The minimum Gasteiger partial charge on any atom is -0.309 e. The van der Waals surface area contributed by atoms with E-state index in [1.54, 1.807) is 0 Å². The lowest BCUT2D eigenvalue weighted by Gasteiger charge is -2.32. The summed E-state index contributed by atoms with van der Waals surface area (Å²) in [5.41, 5.74) is 0.170. The molecule has 0 aromatic carbocycles. The van der Waals surface area contributed by atoms with Crippen molar-refractivity contribution in [2.24, 2.45) is 22.7 Å². The fourth-order valence-electron chi connectivity index (χ4n) is 3.88. The van der Waals surface area contributed by atoms with Gasteiger partial charge in [0.15, 0.2) is 0 Å². The van der Waals surface area contributed by atoms with Gasteiger partial charge in [-0.15, -0.1) is 0 Å². The van der Waals surface area contributed by atoms with Crippen molar-refractivity contribution in [2.45, 2.75) is 33.6 Å². The lowest BCUT2D eigenvalue weighted by molar-refractivity contribution is -0.132. The van der Waals surface area contributed by atoms with Crippen LogP contribution in [0.1, 0.15) is 33.6 Å². The van der Waals surface area contributed by atoms with E-state index in [4.69, 9.17) is 0 Å². The zero-order valence-electron chi connectivity index (χ0n) is 10.6. The van der Waals surface area contributed by atoms with Crippen molar-refractivity contribution >= 4 is 5.78 Å². The Kier molecular flexibility index (Phi) is 2.27. The standard InChI is InChI=1S/C13H23NO/c1-12(2)10-6-7-13(12,3)11(15)9(10)8-14(4)5/h9-10H,6-8H2,1-5H3/t9-,10+,13-/m0/s1. The molecule has 0 unspecified atom stereocenters. The van der Waals surface area contributed by atoms with Gasteiger partial charge in [0, 0.05) is 17.9 Å². The topological polar surface area (TPSA) is 20.3 Å². The SMILES string of the molecule is CN(C)C[C@@H]1C(=O)[C@]2(C)CC[C@H]1C2(C)C. The van der Waals surface area contributed by atoms with Gasteiger partial charge >= 0.3 is 0 Å². The summed E-state index contributed by atoms with van der Waals surface area (Å²) in [5.74, 6) is 1.42. The fourth-order valence-corrected chi connectivity index (χ4v) is 3.88. The van der Waals surface area contributed by atoms with Crippen LogP contribution >= 0.6 is 0 Å². The third kappa shape index (κ3) is 1.24. The second-order valence-electron chi connectivity index (χ2n) is 6.43. The summed E-state index contributed by atoms with van der Waals surface area (Å²) < 4.78 is 0. The van der Waals surface area contributed by atoms with E-state index in [2.05, 4.69) is 39.8 Å². The van der Waals surface area contributed by atoms with E-state index in [-0.39, 0.29) is 16.7 Å². The number of fused-ring (bicyclic) bond motifs is 2. The van der Waals surface area contributed by atoms with Gasteiger partial charge in [-0.1, -0.05) is 20.8 Å². The van der Waals surface area contributed by atoms with E-state index in [1.165, 1.54) is 6.42 Å². The number of rotatable bonds is 2. The molecule has 86 valence electrons. The van der Waals surface area contributed by atoms with E-state index in [0.29, 0.717) is 11.7 Å². The van der Waals surface area contributed by atoms with Crippen LogP contribution in [0.25, 0.3) is 0 Å². The number of hydrogen-bond donors (Lipinski definition) is 0. The first-order valence-corrected chi connectivity index (χ1v) is 6.00. The molecule has 3 atom stereocenters. The Balaban J connectivity index is 2.30. The normalized spacial score (nSPS) is 42.9. The third-order valence-electron chi connectivity index (χ3n) is 5.23. The molecule has 0 radical (unpaired) electrons. The first-order chi connectivity index (χ1) is 6.80. The maximum atomic E-state index is 12.4. The number of hydrogen-bond acceptors (Lipinski definition) is 2. The zero-order chi connectivity index (χ0) is 11.4. The number of nitrogens with zero attached hydrogens (tertiary/aromatic N) is 1. The monoisotopic (exact) mass is 209 g/mol. The van der Waals surface area contributed by atoms with Crippen LogP contribution in [-0.4, -0.2) is 31.3 Å². The average molecular weight is 209 g/mol. The van der Waals surface area contributed by atoms with Crippen molar-refractivity contribution in [2.75, 3.05) is 20.6 Å². The Morgan fingerprint density at radius 2 is 1.93 bits per heavy atom. The van der Waals surface area contributed by atoms with E-state index in [9.17, 15) is 4.79 Å². The van der Waals surface area contributed by atoms with Crippen LogP contribution in [-0.2, 0) is 4.79 Å². The molecule has 2 heteroatoms. The van der Waals surface area contributed by atoms with Crippen LogP contribution in [0, 0.1) is 22.7 Å². The number of ketones is 1. The van der Waals surface area contributed by atoms with Crippen LogP contribution in [0.15, 0.2) is 0 Å². The van der Waals surface area contributed by atoms with Crippen LogP contribution < -0.4 is 0 Å². The maximum Gasteiger partial charge on any atom is 0.143 e. The Hall–Kier alpha value is -0.370. The molecule has 0 saturated heterocycles. The Labute approximate surface area is 93.0 Å². The highest BCUT2D eigenvalue weighted by molar-refractivity contribution is 5.91. The van der Waals surface area contributed by atoms with Crippen molar-refractivity contribution in [3.05, 3.63) is 0 Å². The van der Waals surface area contributed by atoms with Gasteiger partial charge in [-0.05, 0) is 38.3 Å². The summed E-state index contributed by atoms with van der Waals surface area (Å²) in [6.45, 7) is 7.70. The van der Waals surface area contributed by atoms with Crippen LogP contribution in [0.5, 0.6) is 0 Å². The molecule has 2 fully saturated rings. The fraction of sp³-hybridized carbons (Fsp3) is 0.923. The molecule has 2 bridgehead atoms. The third-order valence-corrected chi connectivity index (χ3v) is 5.23. The van der Waals surface area contributed by atoms with Crippen molar-refractivity contribution in [1.29, 1.82) is 0 Å². The lowest BCUT2D eigenvalue weighted by Crippen LogP contribution is -2.36. The summed E-state index contributed by atoms with van der Waals surface area (Å²) in [6.07, 6.45) is 2.35. The van der Waals surface area contributed by atoms with Gasteiger partial charge < -0.3 is 4.90 Å². The van der Waals surface area contributed by atoms with Gasteiger partial charge in [0.05, 0.1) is 0 Å². The highest BCUT2D eigenvalue weighted by Crippen LogP contribution is 2.65. The van der Waals surface area contributed by atoms with E-state index in [0.717, 1.165) is 13.0 Å². The molecule has 0 aromatic heterocycles. The van der Waals surface area contributed by atoms with Crippen molar-refractivity contribution in [1.82, 2.24) is 4.90 Å².